The molecule has 2 atom stereocenters. The number of ether oxygens (including phenoxy) is 1. The summed E-state index contributed by atoms with van der Waals surface area (Å²) in [7, 11) is 0. The van der Waals surface area contributed by atoms with Gasteiger partial charge in [0, 0.05) is 0 Å². The molecule has 1 aliphatic rings. The van der Waals surface area contributed by atoms with Crippen molar-refractivity contribution in [2.24, 2.45) is 5.92 Å². The van der Waals surface area contributed by atoms with Gasteiger partial charge in [0.2, 0.25) is 0 Å². The van der Waals surface area contributed by atoms with Gasteiger partial charge in [-0.25, -0.2) is 0 Å². The maximum absolute atomic E-state index is 6.14. The molecule has 3 nitrogen and oxygen atoms in total. The molecule has 0 amide bonds. The van der Waals surface area contributed by atoms with Crippen molar-refractivity contribution in [2.75, 3.05) is 0 Å². The fourth-order valence-corrected chi connectivity index (χ4v) is 2.43. The fourth-order valence-electron chi connectivity index (χ4n) is 2.43. The molecule has 0 N–H and O–H groups in total. The van der Waals surface area contributed by atoms with Crippen molar-refractivity contribution >= 4 is 0 Å². The minimum atomic E-state index is -0.196. The normalized spacial score (nSPS) is 27.4. The highest BCUT2D eigenvalue weighted by Gasteiger charge is 2.41. The van der Waals surface area contributed by atoms with E-state index in [0.29, 0.717) is 5.92 Å². The predicted molar refractivity (Wildman–Crippen MR) is 71.0 cm³/mol. The van der Waals surface area contributed by atoms with Crippen molar-refractivity contribution in [1.29, 1.82) is 0 Å². The molecule has 1 aromatic heterocycles. The Labute approximate surface area is 105 Å². The summed E-state index contributed by atoms with van der Waals surface area (Å²) >= 11 is 0. The summed E-state index contributed by atoms with van der Waals surface area (Å²) in [4.78, 5) is 0. The van der Waals surface area contributed by atoms with Gasteiger partial charge >= 0.3 is 0 Å². The number of hydrogen-bond donors (Lipinski definition) is 0. The van der Waals surface area contributed by atoms with Crippen molar-refractivity contribution in [3.05, 3.63) is 17.5 Å². The predicted octanol–water partition coefficient (Wildman–Crippen LogP) is 3.51. The van der Waals surface area contributed by atoms with Gasteiger partial charge in [-0.2, -0.15) is 5.10 Å². The number of fused-ring (bicyclic) bond motifs is 1. The smallest absolute Gasteiger partial charge is 0.110 e. The van der Waals surface area contributed by atoms with E-state index in [4.69, 9.17) is 4.74 Å². The Bertz CT molecular complexity index is 370. The molecule has 1 aromatic rings. The molecule has 0 saturated heterocycles. The standard InChI is InChI=1S/C12H20N2O.C2H6/c1-8(2)12(5)11-9(3)6-13-14(11)7-10(4)15-12;1-2/h6,8,10H,7H2,1-5H3;1-2H3. The topological polar surface area (TPSA) is 27.1 Å². The van der Waals surface area contributed by atoms with Gasteiger partial charge in [0.05, 0.1) is 24.5 Å². The summed E-state index contributed by atoms with van der Waals surface area (Å²) in [6.45, 7) is 15.7. The highest BCUT2D eigenvalue weighted by molar-refractivity contribution is 5.24. The third-order valence-corrected chi connectivity index (χ3v) is 3.47. The Morgan fingerprint density at radius 1 is 1.47 bits per heavy atom. The van der Waals surface area contributed by atoms with Gasteiger partial charge in [-0.1, -0.05) is 27.7 Å². The maximum atomic E-state index is 6.14. The number of hydrogen-bond acceptors (Lipinski definition) is 2. The average molecular weight is 238 g/mol. The molecule has 0 bridgehead atoms. The first-order chi connectivity index (χ1) is 7.95. The van der Waals surface area contributed by atoms with E-state index in [-0.39, 0.29) is 11.7 Å². The van der Waals surface area contributed by atoms with Crippen LogP contribution in [0.3, 0.4) is 0 Å². The van der Waals surface area contributed by atoms with Crippen molar-refractivity contribution in [2.45, 2.75) is 66.7 Å². The third kappa shape index (κ3) is 2.39. The largest absolute Gasteiger partial charge is 0.364 e. The van der Waals surface area contributed by atoms with Crippen LogP contribution in [0.2, 0.25) is 0 Å². The van der Waals surface area contributed by atoms with E-state index >= 15 is 0 Å². The minimum absolute atomic E-state index is 0.196. The first-order valence-electron chi connectivity index (χ1n) is 6.66. The van der Waals surface area contributed by atoms with Crippen LogP contribution < -0.4 is 0 Å². The maximum Gasteiger partial charge on any atom is 0.110 e. The van der Waals surface area contributed by atoms with Gasteiger partial charge in [0.15, 0.2) is 0 Å². The summed E-state index contributed by atoms with van der Waals surface area (Å²) in [5.74, 6) is 0.453. The Balaban J connectivity index is 0.000000686. The van der Waals surface area contributed by atoms with E-state index in [2.05, 4.69) is 44.4 Å². The molecular formula is C14H26N2O. The van der Waals surface area contributed by atoms with Crippen LogP contribution >= 0.6 is 0 Å². The molecule has 0 radical (unpaired) electrons. The molecule has 0 aliphatic carbocycles. The molecule has 2 unspecified atom stereocenters. The zero-order valence-corrected chi connectivity index (χ0v) is 12.2. The third-order valence-electron chi connectivity index (χ3n) is 3.47. The van der Waals surface area contributed by atoms with Crippen LogP contribution in [0.25, 0.3) is 0 Å². The van der Waals surface area contributed by atoms with Crippen LogP contribution in [0.15, 0.2) is 6.20 Å². The van der Waals surface area contributed by atoms with E-state index < -0.39 is 0 Å². The van der Waals surface area contributed by atoms with Gasteiger partial charge in [0.1, 0.15) is 5.60 Å². The average Bonchev–Trinajstić information content (AvgIpc) is 2.63. The van der Waals surface area contributed by atoms with Gasteiger partial charge in [-0.3, -0.25) is 4.68 Å². The van der Waals surface area contributed by atoms with Crippen molar-refractivity contribution in [1.82, 2.24) is 9.78 Å². The van der Waals surface area contributed by atoms with E-state index in [1.807, 2.05) is 20.0 Å². The van der Waals surface area contributed by atoms with Crippen LogP contribution in [-0.2, 0) is 16.9 Å². The second-order valence-electron chi connectivity index (χ2n) is 5.05. The zero-order chi connectivity index (χ0) is 13.2. The lowest BCUT2D eigenvalue weighted by molar-refractivity contribution is -0.139. The van der Waals surface area contributed by atoms with Crippen LogP contribution in [0.5, 0.6) is 0 Å². The number of nitrogens with zero attached hydrogens (tertiary/aromatic N) is 2. The molecule has 17 heavy (non-hydrogen) atoms. The Morgan fingerprint density at radius 3 is 2.59 bits per heavy atom. The molecule has 0 aromatic carbocycles. The van der Waals surface area contributed by atoms with Gasteiger partial charge in [-0.15, -0.1) is 0 Å². The van der Waals surface area contributed by atoms with E-state index in [1.165, 1.54) is 11.3 Å². The number of aromatic nitrogens is 2. The van der Waals surface area contributed by atoms with Crippen LogP contribution in [0, 0.1) is 12.8 Å². The highest BCUT2D eigenvalue weighted by Crippen LogP contribution is 2.39. The fraction of sp³-hybridized carbons (Fsp3) is 0.786. The quantitative estimate of drug-likeness (QED) is 0.748. The first kappa shape index (κ1) is 14.2. The number of rotatable bonds is 1. The van der Waals surface area contributed by atoms with E-state index in [1.54, 1.807) is 0 Å². The molecule has 1 aliphatic heterocycles. The van der Waals surface area contributed by atoms with Crippen LogP contribution in [0.4, 0.5) is 0 Å². The molecule has 2 heterocycles. The van der Waals surface area contributed by atoms with Crippen molar-refractivity contribution in [3.8, 4) is 0 Å². The first-order valence-corrected chi connectivity index (χ1v) is 6.66. The summed E-state index contributed by atoms with van der Waals surface area (Å²) in [5, 5.41) is 4.42. The molecule has 0 saturated carbocycles. The van der Waals surface area contributed by atoms with Crippen molar-refractivity contribution in [3.63, 3.8) is 0 Å². The lowest BCUT2D eigenvalue weighted by Gasteiger charge is -2.41. The van der Waals surface area contributed by atoms with Gasteiger partial charge in [-0.05, 0) is 32.3 Å². The van der Waals surface area contributed by atoms with E-state index in [0.717, 1.165) is 6.54 Å². The summed E-state index contributed by atoms with van der Waals surface area (Å²) in [6.07, 6.45) is 2.18. The molecular weight excluding hydrogens is 212 g/mol. The highest BCUT2D eigenvalue weighted by atomic mass is 16.5. The lowest BCUT2D eigenvalue weighted by atomic mass is 9.85. The molecule has 0 spiro atoms. The second-order valence-corrected chi connectivity index (χ2v) is 5.05. The molecule has 0 fully saturated rings. The summed E-state index contributed by atoms with van der Waals surface area (Å²) in [5.41, 5.74) is 2.28. The van der Waals surface area contributed by atoms with Gasteiger partial charge < -0.3 is 4.74 Å². The van der Waals surface area contributed by atoms with E-state index in [9.17, 15) is 0 Å². The molecule has 2 rings (SSSR count). The Hall–Kier alpha value is -0.830. The molecule has 3 heteroatoms. The monoisotopic (exact) mass is 238 g/mol. The SMILES string of the molecule is CC.Cc1cnn2c1C(C)(C(C)C)OC(C)C2. The summed E-state index contributed by atoms with van der Waals surface area (Å²) in [6, 6.07) is 0. The Morgan fingerprint density at radius 2 is 2.06 bits per heavy atom. The summed E-state index contributed by atoms with van der Waals surface area (Å²) < 4.78 is 8.24. The number of aryl methyl sites for hydroxylation is 1. The lowest BCUT2D eigenvalue weighted by Crippen LogP contribution is -2.44. The minimum Gasteiger partial charge on any atom is -0.364 e. The zero-order valence-electron chi connectivity index (χ0n) is 12.2. The van der Waals surface area contributed by atoms with Gasteiger partial charge in [0.25, 0.3) is 0 Å². The van der Waals surface area contributed by atoms with Crippen molar-refractivity contribution < 1.29 is 4.74 Å². The van der Waals surface area contributed by atoms with Crippen LogP contribution in [-0.4, -0.2) is 15.9 Å². The molecule has 98 valence electrons. The second kappa shape index (κ2) is 5.21. The Kier molecular flexibility index (Phi) is 4.36. The van der Waals surface area contributed by atoms with Crippen LogP contribution in [0.1, 0.15) is 52.8 Å².